The van der Waals surface area contributed by atoms with Gasteiger partial charge in [-0.15, -0.1) is 0 Å². The lowest BCUT2D eigenvalue weighted by Crippen LogP contribution is -2.42. The minimum Gasteiger partial charge on any atom is -0.393 e. The molecule has 0 aromatic rings. The molecule has 0 radical (unpaired) electrons. The number of carbonyl (C=O) groups is 2. The maximum atomic E-state index is 11.9. The number of hydrogen-bond acceptors (Lipinski definition) is 5. The molecule has 0 saturated carbocycles. The molecule has 0 aromatic carbocycles. The quantitative estimate of drug-likeness (QED) is 0.283. The first-order valence-electron chi connectivity index (χ1n) is 8.38. The first-order chi connectivity index (χ1) is 10.7. The number of rotatable bonds is 9. The van der Waals surface area contributed by atoms with Crippen LogP contribution in [0.15, 0.2) is 12.2 Å². The van der Waals surface area contributed by atoms with Gasteiger partial charge in [0, 0.05) is 6.61 Å². The number of hydrogen-bond donors (Lipinski definition) is 0. The van der Waals surface area contributed by atoms with E-state index in [0.717, 1.165) is 6.42 Å². The van der Waals surface area contributed by atoms with Crippen LogP contribution in [0.3, 0.4) is 0 Å². The third-order valence-corrected chi connectivity index (χ3v) is 4.86. The zero-order chi connectivity index (χ0) is 15.6. The molecule has 22 heavy (non-hydrogen) atoms. The Labute approximate surface area is 131 Å². The second-order valence-electron chi connectivity index (χ2n) is 6.46. The van der Waals surface area contributed by atoms with Gasteiger partial charge < -0.3 is 14.2 Å². The van der Waals surface area contributed by atoms with Crippen LogP contribution in [-0.2, 0) is 23.8 Å². The molecular formula is C17H24O5. The van der Waals surface area contributed by atoms with Gasteiger partial charge in [0.2, 0.25) is 0 Å². The Hall–Kier alpha value is -1.20. The number of unbranched alkanes of at least 4 members (excludes halogenated alkanes) is 5. The smallest absolute Gasteiger partial charge is 0.320 e. The molecule has 3 heterocycles. The summed E-state index contributed by atoms with van der Waals surface area (Å²) in [5.74, 6) is -1.93. The van der Waals surface area contributed by atoms with Crippen LogP contribution >= 0.6 is 0 Å². The molecule has 0 spiro atoms. The monoisotopic (exact) mass is 308 g/mol. The molecule has 122 valence electrons. The average molecular weight is 308 g/mol. The van der Waals surface area contributed by atoms with Crippen molar-refractivity contribution in [3.63, 3.8) is 0 Å². The first-order valence-corrected chi connectivity index (χ1v) is 8.38. The van der Waals surface area contributed by atoms with Gasteiger partial charge in [0.15, 0.2) is 0 Å². The average Bonchev–Trinajstić information content (AvgIpc) is 3.14. The highest BCUT2D eigenvalue weighted by Crippen LogP contribution is 2.51. The van der Waals surface area contributed by atoms with Crippen molar-refractivity contribution in [1.82, 2.24) is 0 Å². The summed E-state index contributed by atoms with van der Waals surface area (Å²) in [4.78, 5) is 23.6. The molecule has 2 fully saturated rings. The van der Waals surface area contributed by atoms with E-state index in [2.05, 4.69) is 6.92 Å². The number of esters is 2. The summed E-state index contributed by atoms with van der Waals surface area (Å²) in [7, 11) is 0. The Kier molecular flexibility index (Phi) is 4.64. The molecule has 0 aliphatic carbocycles. The van der Waals surface area contributed by atoms with Gasteiger partial charge in [-0.2, -0.15) is 0 Å². The van der Waals surface area contributed by atoms with Gasteiger partial charge in [-0.05, 0) is 6.42 Å². The fraction of sp³-hybridized carbons (Fsp3) is 0.765. The van der Waals surface area contributed by atoms with Crippen LogP contribution in [0.2, 0.25) is 0 Å². The van der Waals surface area contributed by atoms with Crippen LogP contribution < -0.4 is 0 Å². The third kappa shape index (κ3) is 2.72. The van der Waals surface area contributed by atoms with E-state index in [1.807, 2.05) is 12.2 Å². The molecule has 0 aromatic heterocycles. The SMILES string of the molecule is CCCCCCCCOC[C@@]12C=C[C@@H](O1)C1C(=O)OC(=O)C12. The van der Waals surface area contributed by atoms with Gasteiger partial charge in [-0.3, -0.25) is 9.59 Å². The van der Waals surface area contributed by atoms with Crippen molar-refractivity contribution in [2.45, 2.75) is 57.2 Å². The Bertz CT molecular complexity index is 472. The van der Waals surface area contributed by atoms with E-state index in [-0.39, 0.29) is 6.10 Å². The molecule has 3 aliphatic heterocycles. The largest absolute Gasteiger partial charge is 0.393 e. The fourth-order valence-corrected chi connectivity index (χ4v) is 3.69. The second kappa shape index (κ2) is 6.50. The topological polar surface area (TPSA) is 61.8 Å². The maximum Gasteiger partial charge on any atom is 0.320 e. The Morgan fingerprint density at radius 2 is 1.91 bits per heavy atom. The predicted octanol–water partition coefficient (Wildman–Crippen LogP) is 2.39. The molecule has 4 atom stereocenters. The zero-order valence-electron chi connectivity index (χ0n) is 13.1. The number of ether oxygens (including phenoxy) is 3. The lowest BCUT2D eigenvalue weighted by molar-refractivity contribution is -0.159. The van der Waals surface area contributed by atoms with E-state index >= 15 is 0 Å². The number of carbonyl (C=O) groups excluding carboxylic acids is 2. The van der Waals surface area contributed by atoms with E-state index in [4.69, 9.17) is 14.2 Å². The molecule has 0 amide bonds. The van der Waals surface area contributed by atoms with E-state index in [1.165, 1.54) is 32.1 Å². The van der Waals surface area contributed by atoms with Crippen molar-refractivity contribution in [2.24, 2.45) is 11.8 Å². The van der Waals surface area contributed by atoms with Crippen molar-refractivity contribution in [3.8, 4) is 0 Å². The van der Waals surface area contributed by atoms with Gasteiger partial charge in [0.05, 0.1) is 12.7 Å². The molecule has 2 saturated heterocycles. The van der Waals surface area contributed by atoms with Crippen LogP contribution in [0.5, 0.6) is 0 Å². The normalized spacial score (nSPS) is 35.2. The van der Waals surface area contributed by atoms with E-state index in [1.54, 1.807) is 0 Å². The van der Waals surface area contributed by atoms with Gasteiger partial charge in [0.25, 0.3) is 0 Å². The molecule has 2 bridgehead atoms. The predicted molar refractivity (Wildman–Crippen MR) is 79.0 cm³/mol. The second-order valence-corrected chi connectivity index (χ2v) is 6.46. The summed E-state index contributed by atoms with van der Waals surface area (Å²) in [6.07, 6.45) is 10.7. The number of cyclic esters (lactones) is 2. The van der Waals surface area contributed by atoms with Crippen molar-refractivity contribution in [3.05, 3.63) is 12.2 Å². The van der Waals surface area contributed by atoms with E-state index < -0.39 is 29.4 Å². The summed E-state index contributed by atoms with van der Waals surface area (Å²) >= 11 is 0. The summed E-state index contributed by atoms with van der Waals surface area (Å²) in [5, 5.41) is 0. The van der Waals surface area contributed by atoms with E-state index in [0.29, 0.717) is 13.2 Å². The Balaban J connectivity index is 1.44. The molecular weight excluding hydrogens is 284 g/mol. The van der Waals surface area contributed by atoms with Crippen LogP contribution in [-0.4, -0.2) is 36.9 Å². The maximum absolute atomic E-state index is 11.9. The minimum absolute atomic E-state index is 0.318. The minimum atomic E-state index is -0.791. The molecule has 3 rings (SSSR count). The van der Waals surface area contributed by atoms with Crippen LogP contribution in [0.1, 0.15) is 45.4 Å². The molecule has 5 heteroatoms. The van der Waals surface area contributed by atoms with Crippen LogP contribution in [0, 0.1) is 11.8 Å². The van der Waals surface area contributed by atoms with Gasteiger partial charge in [-0.25, -0.2) is 0 Å². The van der Waals surface area contributed by atoms with Crippen LogP contribution in [0.4, 0.5) is 0 Å². The third-order valence-electron chi connectivity index (χ3n) is 4.86. The fourth-order valence-electron chi connectivity index (χ4n) is 3.69. The first kappa shape index (κ1) is 15.7. The van der Waals surface area contributed by atoms with Gasteiger partial charge in [0.1, 0.15) is 17.4 Å². The van der Waals surface area contributed by atoms with Crippen molar-refractivity contribution < 1.29 is 23.8 Å². The van der Waals surface area contributed by atoms with Crippen molar-refractivity contribution in [2.75, 3.05) is 13.2 Å². The van der Waals surface area contributed by atoms with Crippen LogP contribution in [0.25, 0.3) is 0 Å². The zero-order valence-corrected chi connectivity index (χ0v) is 13.1. The lowest BCUT2D eigenvalue weighted by Gasteiger charge is -2.26. The molecule has 0 N–H and O–H groups in total. The Morgan fingerprint density at radius 1 is 1.14 bits per heavy atom. The highest BCUT2D eigenvalue weighted by atomic mass is 16.6. The van der Waals surface area contributed by atoms with E-state index in [9.17, 15) is 9.59 Å². The molecule has 3 aliphatic rings. The highest BCUT2D eigenvalue weighted by Gasteiger charge is 2.67. The summed E-state index contributed by atoms with van der Waals surface area (Å²) in [5.41, 5.74) is -0.791. The summed E-state index contributed by atoms with van der Waals surface area (Å²) in [6.45, 7) is 3.19. The van der Waals surface area contributed by atoms with Crippen molar-refractivity contribution >= 4 is 11.9 Å². The van der Waals surface area contributed by atoms with Gasteiger partial charge in [-0.1, -0.05) is 51.2 Å². The lowest BCUT2D eigenvalue weighted by atomic mass is 9.77. The summed E-state index contributed by atoms with van der Waals surface area (Å²) in [6, 6.07) is 0. The van der Waals surface area contributed by atoms with Crippen molar-refractivity contribution in [1.29, 1.82) is 0 Å². The summed E-state index contributed by atoms with van der Waals surface area (Å²) < 4.78 is 16.4. The highest BCUT2D eigenvalue weighted by molar-refractivity contribution is 5.99. The molecule has 5 nitrogen and oxygen atoms in total. The molecule has 2 unspecified atom stereocenters. The number of fused-ring (bicyclic) bond motifs is 5. The Morgan fingerprint density at radius 3 is 2.73 bits per heavy atom. The van der Waals surface area contributed by atoms with Gasteiger partial charge >= 0.3 is 11.9 Å². The standard InChI is InChI=1S/C17H24O5/c1-2-3-4-5-6-7-10-20-11-17-9-8-12(22-17)13-14(17)16(19)21-15(13)18/h8-9,12-14H,2-7,10-11H2,1H3/t12-,13?,14?,17-/m1/s1.